The zero-order valence-corrected chi connectivity index (χ0v) is 11.4. The Kier molecular flexibility index (Phi) is 3.93. The van der Waals surface area contributed by atoms with E-state index in [1.165, 1.54) is 15.9 Å². The fourth-order valence-corrected chi connectivity index (χ4v) is 2.69. The molecule has 0 fully saturated rings. The quantitative estimate of drug-likeness (QED) is 0.689. The first-order chi connectivity index (χ1) is 8.63. The summed E-state index contributed by atoms with van der Waals surface area (Å²) in [5.74, 6) is -0.329. The van der Waals surface area contributed by atoms with Gasteiger partial charge in [0.25, 0.3) is 5.56 Å². The van der Waals surface area contributed by atoms with Crippen molar-refractivity contribution in [2.45, 2.75) is 19.9 Å². The van der Waals surface area contributed by atoms with Crippen LogP contribution in [-0.4, -0.2) is 22.1 Å². The zero-order chi connectivity index (χ0) is 13.1. The lowest BCUT2D eigenvalue weighted by atomic mass is 10.4. The van der Waals surface area contributed by atoms with E-state index in [1.807, 2.05) is 11.4 Å². The van der Waals surface area contributed by atoms with Gasteiger partial charge in [-0.05, 0) is 30.6 Å². The highest BCUT2D eigenvalue weighted by atomic mass is 32.1. The molecule has 5 nitrogen and oxygen atoms in total. The van der Waals surface area contributed by atoms with Gasteiger partial charge < -0.3 is 9.72 Å². The van der Waals surface area contributed by atoms with Gasteiger partial charge in [-0.15, -0.1) is 11.3 Å². The maximum absolute atomic E-state index is 12.1. The lowest BCUT2D eigenvalue weighted by Gasteiger charge is -2.05. The summed E-state index contributed by atoms with van der Waals surface area (Å²) in [6.45, 7) is 2.32. The minimum Gasteiger partial charge on any atom is -0.466 e. The molecule has 0 bridgehead atoms. The fraction of sp³-hybridized carbons (Fsp3) is 0.364. The Labute approximate surface area is 112 Å². The SMILES string of the molecule is CCOC(=O)CCn1c(=S)[nH]c2ccsc2c1=O. The van der Waals surface area contributed by atoms with Crippen molar-refractivity contribution >= 4 is 39.7 Å². The Bertz CT molecular complexity index is 683. The van der Waals surface area contributed by atoms with E-state index in [0.717, 1.165) is 5.52 Å². The van der Waals surface area contributed by atoms with Crippen LogP contribution in [-0.2, 0) is 16.1 Å². The van der Waals surface area contributed by atoms with Gasteiger partial charge in [-0.1, -0.05) is 0 Å². The summed E-state index contributed by atoms with van der Waals surface area (Å²) in [5.41, 5.74) is 0.579. The Balaban J connectivity index is 2.30. The van der Waals surface area contributed by atoms with Gasteiger partial charge in [-0.2, -0.15) is 0 Å². The van der Waals surface area contributed by atoms with E-state index < -0.39 is 0 Å². The third-order valence-corrected chi connectivity index (χ3v) is 3.66. The van der Waals surface area contributed by atoms with E-state index in [1.54, 1.807) is 6.92 Å². The lowest BCUT2D eigenvalue weighted by molar-refractivity contribution is -0.143. The van der Waals surface area contributed by atoms with Gasteiger partial charge in [0.05, 0.1) is 18.5 Å². The summed E-state index contributed by atoms with van der Waals surface area (Å²) in [6.07, 6.45) is 0.141. The number of fused-ring (bicyclic) bond motifs is 1. The number of esters is 1. The molecule has 0 spiro atoms. The van der Waals surface area contributed by atoms with E-state index in [2.05, 4.69) is 4.98 Å². The first kappa shape index (κ1) is 13.0. The Morgan fingerprint density at radius 2 is 2.39 bits per heavy atom. The smallest absolute Gasteiger partial charge is 0.307 e. The molecule has 2 aromatic rings. The van der Waals surface area contributed by atoms with Crippen LogP contribution >= 0.6 is 23.6 Å². The standard InChI is InChI=1S/C11H12N2O3S2/c1-2-16-8(14)3-5-13-10(15)9-7(4-6-18-9)12-11(13)17/h4,6H,2-3,5H2,1H3,(H,12,17). The highest BCUT2D eigenvalue weighted by Gasteiger charge is 2.09. The Morgan fingerprint density at radius 1 is 1.61 bits per heavy atom. The summed E-state index contributed by atoms with van der Waals surface area (Å²) in [6, 6.07) is 1.81. The molecule has 0 aliphatic heterocycles. The van der Waals surface area contributed by atoms with E-state index in [0.29, 0.717) is 16.1 Å². The maximum Gasteiger partial charge on any atom is 0.307 e. The van der Waals surface area contributed by atoms with Gasteiger partial charge in [-0.25, -0.2) is 0 Å². The van der Waals surface area contributed by atoms with E-state index in [-0.39, 0.29) is 24.5 Å². The maximum atomic E-state index is 12.1. The second kappa shape index (κ2) is 5.45. The van der Waals surface area contributed by atoms with Crippen molar-refractivity contribution in [3.8, 4) is 0 Å². The molecule has 0 amide bonds. The molecule has 0 aliphatic rings. The molecular weight excluding hydrogens is 272 g/mol. The number of rotatable bonds is 4. The molecule has 0 aliphatic carbocycles. The van der Waals surface area contributed by atoms with Crippen LogP contribution < -0.4 is 5.56 Å². The summed E-state index contributed by atoms with van der Waals surface area (Å²) in [5, 5.41) is 1.83. The average Bonchev–Trinajstić information content (AvgIpc) is 2.77. The number of carbonyl (C=O) groups excluding carboxylic acids is 1. The van der Waals surface area contributed by atoms with Crippen LogP contribution in [0.2, 0.25) is 0 Å². The molecule has 2 heterocycles. The van der Waals surface area contributed by atoms with Crippen LogP contribution in [0, 0.1) is 4.77 Å². The predicted molar refractivity (Wildman–Crippen MR) is 72.5 cm³/mol. The summed E-state index contributed by atoms with van der Waals surface area (Å²) < 4.78 is 7.16. The zero-order valence-electron chi connectivity index (χ0n) is 9.76. The topological polar surface area (TPSA) is 64.1 Å². The minimum atomic E-state index is -0.329. The number of hydrogen-bond donors (Lipinski definition) is 1. The molecule has 0 saturated carbocycles. The van der Waals surface area contributed by atoms with Crippen molar-refractivity contribution in [3.05, 3.63) is 26.6 Å². The number of nitrogens with one attached hydrogen (secondary N) is 1. The normalized spacial score (nSPS) is 10.7. The predicted octanol–water partition coefficient (Wildman–Crippen LogP) is 2.07. The lowest BCUT2D eigenvalue weighted by Crippen LogP contribution is -2.23. The summed E-state index contributed by atoms with van der Waals surface area (Å²) in [4.78, 5) is 26.4. The van der Waals surface area contributed by atoms with Crippen LogP contribution in [0.25, 0.3) is 10.2 Å². The number of nitrogens with zero attached hydrogens (tertiary/aromatic N) is 1. The fourth-order valence-electron chi connectivity index (χ4n) is 1.61. The number of thiophene rings is 1. The van der Waals surface area contributed by atoms with Crippen LogP contribution in [0.1, 0.15) is 13.3 Å². The van der Waals surface area contributed by atoms with Gasteiger partial charge in [0.15, 0.2) is 4.77 Å². The summed E-state index contributed by atoms with van der Waals surface area (Å²) in [7, 11) is 0. The minimum absolute atomic E-state index is 0.141. The molecular formula is C11H12N2O3S2. The molecule has 0 unspecified atom stereocenters. The van der Waals surface area contributed by atoms with Crippen molar-refractivity contribution in [2.75, 3.05) is 6.61 Å². The Hall–Kier alpha value is -1.47. The number of ether oxygens (including phenoxy) is 1. The average molecular weight is 284 g/mol. The molecule has 0 aromatic carbocycles. The third-order valence-electron chi connectivity index (χ3n) is 2.44. The number of carbonyl (C=O) groups is 1. The van der Waals surface area contributed by atoms with Crippen LogP contribution in [0.3, 0.4) is 0 Å². The highest BCUT2D eigenvalue weighted by molar-refractivity contribution is 7.71. The second-order valence-electron chi connectivity index (χ2n) is 3.61. The molecule has 0 saturated heterocycles. The van der Waals surface area contributed by atoms with Gasteiger partial charge in [0.1, 0.15) is 4.70 Å². The molecule has 7 heteroatoms. The van der Waals surface area contributed by atoms with E-state index >= 15 is 0 Å². The molecule has 0 radical (unpaired) electrons. The monoisotopic (exact) mass is 284 g/mol. The third kappa shape index (κ3) is 2.51. The largest absolute Gasteiger partial charge is 0.466 e. The second-order valence-corrected chi connectivity index (χ2v) is 4.91. The van der Waals surface area contributed by atoms with Gasteiger partial charge >= 0.3 is 5.97 Å². The van der Waals surface area contributed by atoms with E-state index in [4.69, 9.17) is 17.0 Å². The number of H-pyrrole nitrogens is 1. The molecule has 1 N–H and O–H groups in total. The Morgan fingerprint density at radius 3 is 3.11 bits per heavy atom. The van der Waals surface area contributed by atoms with Gasteiger partial charge in [-0.3, -0.25) is 14.2 Å². The van der Waals surface area contributed by atoms with Crippen molar-refractivity contribution in [2.24, 2.45) is 0 Å². The molecule has 2 aromatic heterocycles. The summed E-state index contributed by atoms with van der Waals surface area (Å²) >= 11 is 6.46. The van der Waals surface area contributed by atoms with Crippen LogP contribution in [0.4, 0.5) is 0 Å². The van der Waals surface area contributed by atoms with Crippen molar-refractivity contribution in [1.82, 2.24) is 9.55 Å². The van der Waals surface area contributed by atoms with Crippen molar-refractivity contribution < 1.29 is 9.53 Å². The molecule has 0 atom stereocenters. The van der Waals surface area contributed by atoms with Crippen molar-refractivity contribution in [1.29, 1.82) is 0 Å². The van der Waals surface area contributed by atoms with Gasteiger partial charge in [0.2, 0.25) is 0 Å². The highest BCUT2D eigenvalue weighted by Crippen LogP contribution is 2.13. The van der Waals surface area contributed by atoms with Gasteiger partial charge in [0, 0.05) is 6.54 Å². The van der Waals surface area contributed by atoms with Crippen LogP contribution in [0.15, 0.2) is 16.2 Å². The first-order valence-corrected chi connectivity index (χ1v) is 6.78. The molecule has 2 rings (SSSR count). The number of aromatic nitrogens is 2. The first-order valence-electron chi connectivity index (χ1n) is 5.49. The number of aromatic amines is 1. The molecule has 18 heavy (non-hydrogen) atoms. The van der Waals surface area contributed by atoms with Crippen molar-refractivity contribution in [3.63, 3.8) is 0 Å². The molecule has 96 valence electrons. The van der Waals surface area contributed by atoms with E-state index in [9.17, 15) is 9.59 Å². The number of hydrogen-bond acceptors (Lipinski definition) is 5. The van der Waals surface area contributed by atoms with Crippen LogP contribution in [0.5, 0.6) is 0 Å².